The maximum absolute atomic E-state index is 13.3. The van der Waals surface area contributed by atoms with Crippen molar-refractivity contribution in [2.24, 2.45) is 0 Å². The molecule has 0 fully saturated rings. The summed E-state index contributed by atoms with van der Waals surface area (Å²) >= 11 is 0. The number of ether oxygens (including phenoxy) is 1. The molecular weight excluding hydrogens is 369 g/mol. The second-order valence-electron chi connectivity index (χ2n) is 6.82. The van der Waals surface area contributed by atoms with Crippen LogP contribution in [-0.2, 0) is 28.1 Å². The van der Waals surface area contributed by atoms with E-state index >= 15 is 0 Å². The number of ketones is 1. The third kappa shape index (κ3) is 5.08. The van der Waals surface area contributed by atoms with Gasteiger partial charge in [-0.1, -0.05) is 72.8 Å². The molecule has 0 aliphatic heterocycles. The molecule has 0 bridgehead atoms. The van der Waals surface area contributed by atoms with Gasteiger partial charge in [-0.2, -0.15) is 0 Å². The standard InChI is InChI=1S/C24H22FNO3/c1-18(27)24(21-10-6-3-7-11-21,16-19-12-14-22(25)15-13-19)26-23(28)29-17-20-8-4-2-5-9-20/h2-15H,16-17H2,1H3,(H,26,28). The van der Waals surface area contributed by atoms with E-state index in [0.717, 1.165) is 5.56 Å². The predicted octanol–water partition coefficient (Wildman–Crippen LogP) is 4.78. The minimum atomic E-state index is -1.33. The summed E-state index contributed by atoms with van der Waals surface area (Å²) in [6, 6.07) is 24.2. The summed E-state index contributed by atoms with van der Waals surface area (Å²) in [5.74, 6) is -0.609. The van der Waals surface area contributed by atoms with Gasteiger partial charge in [-0.25, -0.2) is 9.18 Å². The number of Topliss-reactive ketones (excluding diaryl/α,β-unsaturated/α-hetero) is 1. The number of nitrogens with one attached hydrogen (secondary N) is 1. The number of benzene rings is 3. The van der Waals surface area contributed by atoms with Crippen molar-refractivity contribution in [1.82, 2.24) is 5.32 Å². The van der Waals surface area contributed by atoms with Crippen LogP contribution in [0.2, 0.25) is 0 Å². The zero-order chi connectivity index (χ0) is 20.7. The van der Waals surface area contributed by atoms with Crippen LogP contribution in [0.3, 0.4) is 0 Å². The van der Waals surface area contributed by atoms with E-state index in [1.54, 1.807) is 36.4 Å². The molecule has 0 aliphatic rings. The molecule has 0 aromatic heterocycles. The summed E-state index contributed by atoms with van der Waals surface area (Å²) in [5.41, 5.74) is 0.865. The van der Waals surface area contributed by atoms with Crippen LogP contribution in [0.1, 0.15) is 23.6 Å². The minimum Gasteiger partial charge on any atom is -0.445 e. The highest BCUT2D eigenvalue weighted by Crippen LogP contribution is 2.28. The van der Waals surface area contributed by atoms with E-state index in [4.69, 9.17) is 4.74 Å². The van der Waals surface area contributed by atoms with E-state index in [1.165, 1.54) is 19.1 Å². The molecule has 0 heterocycles. The lowest BCUT2D eigenvalue weighted by Gasteiger charge is -2.33. The van der Waals surface area contributed by atoms with Gasteiger partial charge >= 0.3 is 6.09 Å². The highest BCUT2D eigenvalue weighted by atomic mass is 19.1. The SMILES string of the molecule is CC(=O)C(Cc1ccc(F)cc1)(NC(=O)OCc1ccccc1)c1ccccc1. The topological polar surface area (TPSA) is 55.4 Å². The van der Waals surface area contributed by atoms with Crippen LogP contribution >= 0.6 is 0 Å². The second kappa shape index (κ2) is 9.15. The largest absolute Gasteiger partial charge is 0.445 e. The first-order valence-electron chi connectivity index (χ1n) is 9.29. The molecule has 4 nitrogen and oxygen atoms in total. The molecular formula is C24H22FNO3. The Labute approximate surface area is 169 Å². The Kier molecular flexibility index (Phi) is 6.39. The lowest BCUT2D eigenvalue weighted by molar-refractivity contribution is -0.123. The highest BCUT2D eigenvalue weighted by molar-refractivity contribution is 5.91. The number of carbonyl (C=O) groups is 2. The van der Waals surface area contributed by atoms with Crippen molar-refractivity contribution in [3.8, 4) is 0 Å². The van der Waals surface area contributed by atoms with Crippen LogP contribution in [0.15, 0.2) is 84.9 Å². The van der Waals surface area contributed by atoms with Gasteiger partial charge in [0.1, 0.15) is 18.0 Å². The summed E-state index contributed by atoms with van der Waals surface area (Å²) in [6.45, 7) is 1.51. The van der Waals surface area contributed by atoms with Gasteiger partial charge in [0.15, 0.2) is 5.78 Å². The second-order valence-corrected chi connectivity index (χ2v) is 6.82. The van der Waals surface area contributed by atoms with Crippen LogP contribution in [0.25, 0.3) is 0 Å². The summed E-state index contributed by atoms with van der Waals surface area (Å²) in [7, 11) is 0. The molecule has 0 aliphatic carbocycles. The maximum atomic E-state index is 13.3. The van der Waals surface area contributed by atoms with E-state index < -0.39 is 11.6 Å². The molecule has 3 rings (SSSR count). The van der Waals surface area contributed by atoms with Crippen molar-refractivity contribution in [1.29, 1.82) is 0 Å². The van der Waals surface area contributed by atoms with Gasteiger partial charge in [0.05, 0.1) is 0 Å². The van der Waals surface area contributed by atoms with Gasteiger partial charge in [0.25, 0.3) is 0 Å². The number of alkyl carbamates (subject to hydrolysis) is 1. The molecule has 0 saturated carbocycles. The number of carbonyl (C=O) groups excluding carboxylic acids is 2. The van der Waals surface area contributed by atoms with Crippen LogP contribution in [0.5, 0.6) is 0 Å². The van der Waals surface area contributed by atoms with E-state index in [9.17, 15) is 14.0 Å². The van der Waals surface area contributed by atoms with Crippen LogP contribution < -0.4 is 5.32 Å². The predicted molar refractivity (Wildman–Crippen MR) is 109 cm³/mol. The van der Waals surface area contributed by atoms with Crippen molar-refractivity contribution in [3.05, 3.63) is 107 Å². The average molecular weight is 391 g/mol. The zero-order valence-corrected chi connectivity index (χ0v) is 16.1. The molecule has 1 N–H and O–H groups in total. The number of hydrogen-bond acceptors (Lipinski definition) is 3. The monoisotopic (exact) mass is 391 g/mol. The molecule has 0 radical (unpaired) electrons. The minimum absolute atomic E-state index is 0.0893. The number of hydrogen-bond donors (Lipinski definition) is 1. The molecule has 0 spiro atoms. The molecule has 148 valence electrons. The summed E-state index contributed by atoms with van der Waals surface area (Å²) < 4.78 is 18.7. The fourth-order valence-corrected chi connectivity index (χ4v) is 3.20. The summed E-state index contributed by atoms with van der Waals surface area (Å²) in [5, 5.41) is 2.78. The molecule has 3 aromatic carbocycles. The van der Waals surface area contributed by atoms with Crippen LogP contribution in [0, 0.1) is 5.82 Å². The van der Waals surface area contributed by atoms with Crippen molar-refractivity contribution >= 4 is 11.9 Å². The Morgan fingerprint density at radius 2 is 1.45 bits per heavy atom. The van der Waals surface area contributed by atoms with Crippen molar-refractivity contribution in [2.75, 3.05) is 0 Å². The Bertz CT molecular complexity index is 958. The Morgan fingerprint density at radius 3 is 2.03 bits per heavy atom. The van der Waals surface area contributed by atoms with Crippen LogP contribution in [0.4, 0.5) is 9.18 Å². The Morgan fingerprint density at radius 1 is 0.862 bits per heavy atom. The highest BCUT2D eigenvalue weighted by Gasteiger charge is 2.39. The van der Waals surface area contributed by atoms with Crippen LogP contribution in [-0.4, -0.2) is 11.9 Å². The molecule has 1 unspecified atom stereocenters. The van der Waals surface area contributed by atoms with Gasteiger partial charge in [-0.05, 0) is 35.7 Å². The molecule has 29 heavy (non-hydrogen) atoms. The smallest absolute Gasteiger partial charge is 0.408 e. The van der Waals surface area contributed by atoms with E-state index in [-0.39, 0.29) is 24.6 Å². The molecule has 1 atom stereocenters. The van der Waals surface area contributed by atoms with Gasteiger partial charge in [0, 0.05) is 6.42 Å². The zero-order valence-electron chi connectivity index (χ0n) is 16.1. The lowest BCUT2D eigenvalue weighted by Crippen LogP contribution is -2.52. The summed E-state index contributed by atoms with van der Waals surface area (Å²) in [6.07, 6.45) is -0.525. The van der Waals surface area contributed by atoms with Gasteiger partial charge in [-0.15, -0.1) is 0 Å². The lowest BCUT2D eigenvalue weighted by atomic mass is 9.80. The van der Waals surface area contributed by atoms with Crippen molar-refractivity contribution in [2.45, 2.75) is 25.5 Å². The molecule has 0 saturated heterocycles. The first-order chi connectivity index (χ1) is 14.0. The Balaban J connectivity index is 1.87. The first-order valence-corrected chi connectivity index (χ1v) is 9.29. The Hall–Kier alpha value is -3.47. The van der Waals surface area contributed by atoms with E-state index in [1.807, 2.05) is 36.4 Å². The molecule has 5 heteroatoms. The molecule has 3 aromatic rings. The quantitative estimate of drug-likeness (QED) is 0.631. The fraction of sp³-hybridized carbons (Fsp3) is 0.167. The third-order valence-electron chi connectivity index (χ3n) is 4.78. The average Bonchev–Trinajstić information content (AvgIpc) is 2.74. The normalized spacial score (nSPS) is 12.6. The van der Waals surface area contributed by atoms with Gasteiger partial charge < -0.3 is 10.1 Å². The number of rotatable bonds is 7. The molecule has 1 amide bonds. The third-order valence-corrected chi connectivity index (χ3v) is 4.78. The fourth-order valence-electron chi connectivity index (χ4n) is 3.20. The van der Waals surface area contributed by atoms with E-state index in [2.05, 4.69) is 5.32 Å². The number of amides is 1. The first kappa shape index (κ1) is 20.3. The van der Waals surface area contributed by atoms with Gasteiger partial charge in [-0.3, -0.25) is 4.79 Å². The van der Waals surface area contributed by atoms with E-state index in [0.29, 0.717) is 11.1 Å². The number of halogens is 1. The van der Waals surface area contributed by atoms with Gasteiger partial charge in [0.2, 0.25) is 0 Å². The van der Waals surface area contributed by atoms with Crippen molar-refractivity contribution < 1.29 is 18.7 Å². The summed E-state index contributed by atoms with van der Waals surface area (Å²) in [4.78, 5) is 25.4. The maximum Gasteiger partial charge on any atom is 0.408 e. The van der Waals surface area contributed by atoms with Crippen molar-refractivity contribution in [3.63, 3.8) is 0 Å².